The zero-order valence-electron chi connectivity index (χ0n) is 19.9. The van der Waals surface area contributed by atoms with E-state index in [2.05, 4.69) is 15.3 Å². The van der Waals surface area contributed by atoms with E-state index in [-0.39, 0.29) is 42.2 Å². The Hall–Kier alpha value is -2.47. The molecule has 1 aliphatic carbocycles. The lowest BCUT2D eigenvalue weighted by atomic mass is 9.92. The number of anilines is 2. The molecule has 12 heteroatoms. The van der Waals surface area contributed by atoms with Crippen molar-refractivity contribution >= 4 is 21.7 Å². The lowest BCUT2D eigenvalue weighted by molar-refractivity contribution is -0.137. The third-order valence-electron chi connectivity index (χ3n) is 7.37. The highest BCUT2D eigenvalue weighted by Crippen LogP contribution is 2.40. The van der Waals surface area contributed by atoms with Gasteiger partial charge >= 0.3 is 6.18 Å². The molecule has 1 unspecified atom stereocenters. The van der Waals surface area contributed by atoms with Crippen LogP contribution in [0.15, 0.2) is 30.6 Å². The van der Waals surface area contributed by atoms with Crippen LogP contribution < -0.4 is 10.2 Å². The van der Waals surface area contributed by atoms with E-state index in [0.29, 0.717) is 12.1 Å². The van der Waals surface area contributed by atoms with Gasteiger partial charge in [-0.1, -0.05) is 12.1 Å². The summed E-state index contributed by atoms with van der Waals surface area (Å²) in [6, 6.07) is 4.94. The number of rotatable bonds is 8. The maximum absolute atomic E-state index is 15.5. The summed E-state index contributed by atoms with van der Waals surface area (Å²) < 4.78 is 80.1. The van der Waals surface area contributed by atoms with Crippen molar-refractivity contribution in [2.45, 2.75) is 69.4 Å². The van der Waals surface area contributed by atoms with E-state index in [1.54, 1.807) is 9.21 Å². The minimum atomic E-state index is -4.41. The third kappa shape index (κ3) is 5.29. The van der Waals surface area contributed by atoms with Crippen molar-refractivity contribution in [3.05, 3.63) is 47.5 Å². The molecule has 2 bridgehead atoms. The molecule has 3 heterocycles. The van der Waals surface area contributed by atoms with E-state index in [1.165, 1.54) is 24.7 Å². The molecule has 0 amide bonds. The molecule has 1 saturated carbocycles. The third-order valence-corrected chi connectivity index (χ3v) is 8.73. The maximum Gasteiger partial charge on any atom is 0.416 e. The second-order valence-corrected chi connectivity index (χ2v) is 12.0. The number of sulfonamides is 1. The largest absolute Gasteiger partial charge is 0.416 e. The predicted molar refractivity (Wildman–Crippen MR) is 127 cm³/mol. The van der Waals surface area contributed by atoms with E-state index < -0.39 is 27.6 Å². The van der Waals surface area contributed by atoms with Crippen LogP contribution in [-0.2, 0) is 22.7 Å². The summed E-state index contributed by atoms with van der Waals surface area (Å²) in [5.74, 6) is -0.185. The zero-order valence-corrected chi connectivity index (χ0v) is 20.7. The Balaban J connectivity index is 1.27. The normalized spacial score (nSPS) is 24.6. The number of nitrogens with one attached hydrogen (secondary N) is 1. The molecule has 1 aromatic heterocycles. The van der Waals surface area contributed by atoms with Crippen LogP contribution in [0.4, 0.5) is 29.2 Å². The summed E-state index contributed by atoms with van der Waals surface area (Å²) >= 11 is 0. The molecule has 2 aromatic rings. The quantitative estimate of drug-likeness (QED) is 0.513. The predicted octanol–water partition coefficient (Wildman–Crippen LogP) is 4.42. The van der Waals surface area contributed by atoms with Crippen molar-refractivity contribution in [2.75, 3.05) is 23.0 Å². The average Bonchev–Trinajstić information content (AvgIpc) is 3.60. The molecule has 1 aromatic carbocycles. The number of benzene rings is 1. The first-order valence-electron chi connectivity index (χ1n) is 12.2. The van der Waals surface area contributed by atoms with Crippen LogP contribution in [0, 0.1) is 11.7 Å². The Bertz CT molecular complexity index is 1190. The van der Waals surface area contributed by atoms with Gasteiger partial charge in [-0.2, -0.15) is 21.9 Å². The van der Waals surface area contributed by atoms with E-state index in [0.717, 1.165) is 50.7 Å². The summed E-state index contributed by atoms with van der Waals surface area (Å²) in [5, 5.41) is 3.10. The Labute approximate surface area is 208 Å². The van der Waals surface area contributed by atoms with Gasteiger partial charge in [0.1, 0.15) is 6.33 Å². The van der Waals surface area contributed by atoms with Gasteiger partial charge < -0.3 is 10.2 Å². The van der Waals surface area contributed by atoms with E-state index in [1.807, 2.05) is 0 Å². The topological polar surface area (TPSA) is 78.4 Å². The number of hydrogen-bond donors (Lipinski definition) is 1. The molecule has 2 aliphatic heterocycles. The second-order valence-electron chi connectivity index (χ2n) is 10.1. The summed E-state index contributed by atoms with van der Waals surface area (Å²) in [6.07, 6.45) is 2.99. The van der Waals surface area contributed by atoms with Crippen LogP contribution in [0.3, 0.4) is 0 Å². The van der Waals surface area contributed by atoms with Gasteiger partial charge in [-0.25, -0.2) is 18.4 Å². The lowest BCUT2D eigenvalue weighted by Crippen LogP contribution is -2.47. The number of aromatic nitrogens is 2. The SMILES string of the molecule is CS(=O)(=O)N1[C@@H]2CC[C@H]1CC(CNc1ncnc(N(Cc3ccc(C(F)(F)F)cc3)C3CC3)c1F)C2. The van der Waals surface area contributed by atoms with Crippen molar-refractivity contribution in [3.63, 3.8) is 0 Å². The van der Waals surface area contributed by atoms with Crippen LogP contribution in [0.25, 0.3) is 0 Å². The van der Waals surface area contributed by atoms with E-state index in [9.17, 15) is 21.6 Å². The van der Waals surface area contributed by atoms with Crippen molar-refractivity contribution < 1.29 is 26.0 Å². The van der Waals surface area contributed by atoms with Crippen LogP contribution in [-0.4, -0.2) is 53.6 Å². The molecule has 1 N–H and O–H groups in total. The number of nitrogens with zero attached hydrogens (tertiary/aromatic N) is 4. The van der Waals surface area contributed by atoms with Gasteiger partial charge in [-0.15, -0.1) is 0 Å². The van der Waals surface area contributed by atoms with E-state index >= 15 is 4.39 Å². The van der Waals surface area contributed by atoms with Gasteiger partial charge in [0, 0.05) is 31.2 Å². The summed E-state index contributed by atoms with van der Waals surface area (Å²) in [6.45, 7) is 0.712. The number of fused-ring (bicyclic) bond motifs is 2. The average molecular weight is 528 g/mol. The standard InChI is InChI=1S/C24H29F4N5O2S/c1-36(34,35)33-19-8-9-20(33)11-16(10-19)12-29-22-21(25)23(31-14-30-22)32(18-6-7-18)13-15-2-4-17(5-3-15)24(26,27)28/h2-5,14,16,18-20H,6-13H2,1H3,(H,29,30,31)/t16?,19-,20+. The molecule has 7 nitrogen and oxygen atoms in total. The second kappa shape index (κ2) is 9.44. The zero-order chi connectivity index (χ0) is 25.7. The van der Waals surface area contributed by atoms with Crippen LogP contribution in [0.5, 0.6) is 0 Å². The van der Waals surface area contributed by atoms with Gasteiger partial charge in [0.2, 0.25) is 15.8 Å². The molecule has 3 atom stereocenters. The van der Waals surface area contributed by atoms with Crippen LogP contribution in [0.2, 0.25) is 0 Å². The molecule has 196 valence electrons. The van der Waals surface area contributed by atoms with Crippen molar-refractivity contribution in [1.29, 1.82) is 0 Å². The van der Waals surface area contributed by atoms with Crippen LogP contribution >= 0.6 is 0 Å². The Morgan fingerprint density at radius 1 is 1.06 bits per heavy atom. The molecule has 2 saturated heterocycles. The molecule has 0 radical (unpaired) electrons. The van der Waals surface area contributed by atoms with E-state index in [4.69, 9.17) is 0 Å². The Morgan fingerprint density at radius 2 is 1.69 bits per heavy atom. The highest BCUT2D eigenvalue weighted by atomic mass is 32.2. The summed E-state index contributed by atoms with van der Waals surface area (Å²) in [7, 11) is -3.24. The van der Waals surface area contributed by atoms with Gasteiger partial charge in [0.25, 0.3) is 0 Å². The summed E-state index contributed by atoms with van der Waals surface area (Å²) in [5.41, 5.74) is -0.0877. The molecule has 36 heavy (non-hydrogen) atoms. The molecular formula is C24H29F4N5O2S. The summed E-state index contributed by atoms with van der Waals surface area (Å²) in [4.78, 5) is 10.0. The molecule has 3 fully saturated rings. The molecular weight excluding hydrogens is 498 g/mol. The fraction of sp³-hybridized carbons (Fsp3) is 0.583. The molecule has 0 spiro atoms. The van der Waals surface area contributed by atoms with Crippen molar-refractivity contribution in [1.82, 2.24) is 14.3 Å². The van der Waals surface area contributed by atoms with Gasteiger partial charge in [-0.3, -0.25) is 0 Å². The fourth-order valence-corrected chi connectivity index (χ4v) is 7.10. The van der Waals surface area contributed by atoms with Gasteiger partial charge in [0.05, 0.1) is 11.8 Å². The van der Waals surface area contributed by atoms with Crippen molar-refractivity contribution in [3.8, 4) is 0 Å². The smallest absolute Gasteiger partial charge is 0.367 e. The first-order valence-corrected chi connectivity index (χ1v) is 14.0. The highest BCUT2D eigenvalue weighted by Gasteiger charge is 2.45. The molecule has 3 aliphatic rings. The maximum atomic E-state index is 15.5. The highest BCUT2D eigenvalue weighted by molar-refractivity contribution is 7.88. The van der Waals surface area contributed by atoms with Crippen molar-refractivity contribution in [2.24, 2.45) is 5.92 Å². The number of hydrogen-bond acceptors (Lipinski definition) is 6. The Morgan fingerprint density at radius 3 is 2.25 bits per heavy atom. The Kier molecular flexibility index (Phi) is 6.61. The first kappa shape index (κ1) is 25.2. The minimum Gasteiger partial charge on any atom is -0.367 e. The molecule has 5 rings (SSSR count). The minimum absolute atomic E-state index is 0.00884. The number of piperidine rings is 1. The fourth-order valence-electron chi connectivity index (χ4n) is 5.64. The van der Waals surface area contributed by atoms with Gasteiger partial charge in [-0.05, 0) is 62.1 Å². The van der Waals surface area contributed by atoms with Crippen LogP contribution in [0.1, 0.15) is 49.7 Å². The first-order chi connectivity index (χ1) is 17.0. The monoisotopic (exact) mass is 527 g/mol. The lowest BCUT2D eigenvalue weighted by Gasteiger charge is -2.37. The van der Waals surface area contributed by atoms with Gasteiger partial charge in [0.15, 0.2) is 11.6 Å². The number of halogens is 4. The number of alkyl halides is 3.